The first-order valence-corrected chi connectivity index (χ1v) is 4.88. The molecule has 0 aromatic rings. The van der Waals surface area contributed by atoms with Gasteiger partial charge in [0.1, 0.15) is 5.60 Å². The molecule has 4 nitrogen and oxygen atoms in total. The SMILES string of the molecule is CCC(O)CN(C)C(=O)OC(C)(C)C. The van der Waals surface area contributed by atoms with Crippen LogP contribution in [0.5, 0.6) is 0 Å². The van der Waals surface area contributed by atoms with Crippen LogP contribution in [0.15, 0.2) is 0 Å². The third-order valence-corrected chi connectivity index (χ3v) is 1.66. The standard InChI is InChI=1S/C10H21NO3/c1-6-8(12)7-11(5)9(13)14-10(2,3)4/h8,12H,6-7H2,1-5H3. The molecule has 84 valence electrons. The zero-order chi connectivity index (χ0) is 11.4. The van der Waals surface area contributed by atoms with Gasteiger partial charge >= 0.3 is 6.09 Å². The van der Waals surface area contributed by atoms with Crippen molar-refractivity contribution >= 4 is 6.09 Å². The Bertz CT molecular complexity index is 186. The van der Waals surface area contributed by atoms with Gasteiger partial charge in [-0.25, -0.2) is 4.79 Å². The molecule has 1 unspecified atom stereocenters. The fourth-order valence-electron chi connectivity index (χ4n) is 0.860. The number of hydrogen-bond acceptors (Lipinski definition) is 3. The highest BCUT2D eigenvalue weighted by molar-refractivity contribution is 5.67. The Morgan fingerprint density at radius 2 is 2.00 bits per heavy atom. The topological polar surface area (TPSA) is 49.8 Å². The van der Waals surface area contributed by atoms with Crippen molar-refractivity contribution in [1.29, 1.82) is 0 Å². The van der Waals surface area contributed by atoms with E-state index in [-0.39, 0.29) is 0 Å². The van der Waals surface area contributed by atoms with Crippen LogP contribution in [0.4, 0.5) is 4.79 Å². The predicted molar refractivity (Wildman–Crippen MR) is 55.2 cm³/mol. The Balaban J connectivity index is 4.00. The number of nitrogens with zero attached hydrogens (tertiary/aromatic N) is 1. The van der Waals surface area contributed by atoms with E-state index in [0.717, 1.165) is 0 Å². The molecule has 14 heavy (non-hydrogen) atoms. The predicted octanol–water partition coefficient (Wildman–Crippen LogP) is 1.62. The molecular formula is C10H21NO3. The van der Waals surface area contributed by atoms with Gasteiger partial charge in [-0.3, -0.25) is 0 Å². The van der Waals surface area contributed by atoms with Crippen LogP contribution >= 0.6 is 0 Å². The summed E-state index contributed by atoms with van der Waals surface area (Å²) in [6, 6.07) is 0. The largest absolute Gasteiger partial charge is 0.444 e. The number of aliphatic hydroxyl groups is 1. The molecule has 0 radical (unpaired) electrons. The summed E-state index contributed by atoms with van der Waals surface area (Å²) in [5.41, 5.74) is -0.484. The first-order chi connectivity index (χ1) is 6.26. The van der Waals surface area contributed by atoms with E-state index in [9.17, 15) is 9.90 Å². The van der Waals surface area contributed by atoms with Gasteiger partial charge in [0.2, 0.25) is 0 Å². The molecular weight excluding hydrogens is 182 g/mol. The minimum atomic E-state index is -0.484. The summed E-state index contributed by atoms with van der Waals surface area (Å²) in [6.07, 6.45) is -0.245. The van der Waals surface area contributed by atoms with Gasteiger partial charge in [-0.05, 0) is 27.2 Å². The average Bonchev–Trinajstić information content (AvgIpc) is 2.00. The van der Waals surface area contributed by atoms with Crippen LogP contribution in [0.3, 0.4) is 0 Å². The Kier molecular flexibility index (Phi) is 4.91. The second-order valence-corrected chi connectivity index (χ2v) is 4.42. The Labute approximate surface area is 85.9 Å². The number of carbonyl (C=O) groups is 1. The number of hydrogen-bond donors (Lipinski definition) is 1. The fourth-order valence-corrected chi connectivity index (χ4v) is 0.860. The molecule has 0 fully saturated rings. The van der Waals surface area contributed by atoms with Crippen LogP contribution in [-0.2, 0) is 4.74 Å². The van der Waals surface area contributed by atoms with Crippen molar-refractivity contribution in [2.24, 2.45) is 0 Å². The van der Waals surface area contributed by atoms with E-state index in [1.807, 2.05) is 27.7 Å². The van der Waals surface area contributed by atoms with E-state index >= 15 is 0 Å². The van der Waals surface area contributed by atoms with Gasteiger partial charge < -0.3 is 14.7 Å². The highest BCUT2D eigenvalue weighted by atomic mass is 16.6. The van der Waals surface area contributed by atoms with Crippen molar-refractivity contribution < 1.29 is 14.6 Å². The summed E-state index contributed by atoms with van der Waals surface area (Å²) in [5, 5.41) is 9.33. The van der Waals surface area contributed by atoms with E-state index in [0.29, 0.717) is 13.0 Å². The highest BCUT2D eigenvalue weighted by Gasteiger charge is 2.20. The molecule has 0 saturated carbocycles. The Hall–Kier alpha value is -0.770. The van der Waals surface area contributed by atoms with Crippen molar-refractivity contribution in [3.8, 4) is 0 Å². The number of carbonyl (C=O) groups excluding carboxylic acids is 1. The third kappa shape index (κ3) is 5.80. The molecule has 0 aliphatic heterocycles. The molecule has 0 aliphatic rings. The molecule has 4 heteroatoms. The van der Waals surface area contributed by atoms with Gasteiger partial charge in [0.25, 0.3) is 0 Å². The van der Waals surface area contributed by atoms with Crippen molar-refractivity contribution in [2.45, 2.75) is 45.8 Å². The lowest BCUT2D eigenvalue weighted by Crippen LogP contribution is -2.38. The van der Waals surface area contributed by atoms with Crippen LogP contribution in [0.1, 0.15) is 34.1 Å². The van der Waals surface area contributed by atoms with Gasteiger partial charge in [0.15, 0.2) is 0 Å². The van der Waals surface area contributed by atoms with Crippen LogP contribution in [0, 0.1) is 0 Å². The molecule has 1 atom stereocenters. The van der Waals surface area contributed by atoms with Crippen molar-refractivity contribution in [1.82, 2.24) is 4.90 Å². The molecule has 0 saturated heterocycles. The van der Waals surface area contributed by atoms with Crippen molar-refractivity contribution in [2.75, 3.05) is 13.6 Å². The lowest BCUT2D eigenvalue weighted by molar-refractivity contribution is 0.0204. The molecule has 0 aromatic carbocycles. The monoisotopic (exact) mass is 203 g/mol. The number of likely N-dealkylation sites (N-methyl/N-ethyl adjacent to an activating group) is 1. The molecule has 0 spiro atoms. The quantitative estimate of drug-likeness (QED) is 0.758. The summed E-state index contributed by atoms with van der Waals surface area (Å²) >= 11 is 0. The summed E-state index contributed by atoms with van der Waals surface area (Å²) in [5.74, 6) is 0. The van der Waals surface area contributed by atoms with Gasteiger partial charge in [-0.15, -0.1) is 0 Å². The second kappa shape index (κ2) is 5.20. The number of amides is 1. The molecule has 0 heterocycles. The van der Waals surface area contributed by atoms with Crippen LogP contribution in [-0.4, -0.2) is 41.4 Å². The van der Waals surface area contributed by atoms with Gasteiger partial charge in [0, 0.05) is 13.6 Å². The maximum absolute atomic E-state index is 11.4. The smallest absolute Gasteiger partial charge is 0.410 e. The van der Waals surface area contributed by atoms with E-state index < -0.39 is 17.8 Å². The highest BCUT2D eigenvalue weighted by Crippen LogP contribution is 2.09. The molecule has 0 aliphatic carbocycles. The molecule has 0 bridgehead atoms. The first kappa shape index (κ1) is 13.2. The lowest BCUT2D eigenvalue weighted by Gasteiger charge is -2.25. The summed E-state index contributed by atoms with van der Waals surface area (Å²) in [6.45, 7) is 7.62. The minimum absolute atomic E-state index is 0.311. The summed E-state index contributed by atoms with van der Waals surface area (Å²) in [4.78, 5) is 12.8. The fraction of sp³-hybridized carbons (Fsp3) is 0.900. The zero-order valence-corrected chi connectivity index (χ0v) is 9.70. The number of aliphatic hydroxyl groups excluding tert-OH is 1. The van der Waals surface area contributed by atoms with Crippen molar-refractivity contribution in [3.05, 3.63) is 0 Å². The van der Waals surface area contributed by atoms with E-state index in [4.69, 9.17) is 4.74 Å². The van der Waals surface area contributed by atoms with Crippen LogP contribution in [0.2, 0.25) is 0 Å². The van der Waals surface area contributed by atoms with Crippen LogP contribution < -0.4 is 0 Å². The molecule has 0 aromatic heterocycles. The number of ether oxygens (including phenoxy) is 1. The Morgan fingerprint density at radius 1 is 1.50 bits per heavy atom. The average molecular weight is 203 g/mol. The van der Waals surface area contributed by atoms with Crippen LogP contribution in [0.25, 0.3) is 0 Å². The molecule has 1 amide bonds. The lowest BCUT2D eigenvalue weighted by atomic mass is 10.2. The van der Waals surface area contributed by atoms with Gasteiger partial charge in [-0.1, -0.05) is 6.92 Å². The zero-order valence-electron chi connectivity index (χ0n) is 9.70. The van der Waals surface area contributed by atoms with E-state index in [2.05, 4.69) is 0 Å². The van der Waals surface area contributed by atoms with Crippen molar-refractivity contribution in [3.63, 3.8) is 0 Å². The summed E-state index contributed by atoms with van der Waals surface area (Å²) in [7, 11) is 1.62. The van der Waals surface area contributed by atoms with E-state index in [1.165, 1.54) is 4.90 Å². The maximum Gasteiger partial charge on any atom is 0.410 e. The second-order valence-electron chi connectivity index (χ2n) is 4.42. The Morgan fingerprint density at radius 3 is 2.36 bits per heavy atom. The van der Waals surface area contributed by atoms with E-state index in [1.54, 1.807) is 7.05 Å². The summed E-state index contributed by atoms with van der Waals surface area (Å²) < 4.78 is 5.12. The normalized spacial score (nSPS) is 13.6. The molecule has 0 rings (SSSR count). The van der Waals surface area contributed by atoms with Gasteiger partial charge in [0.05, 0.1) is 6.10 Å². The van der Waals surface area contributed by atoms with Gasteiger partial charge in [-0.2, -0.15) is 0 Å². The maximum atomic E-state index is 11.4. The number of rotatable bonds is 3. The third-order valence-electron chi connectivity index (χ3n) is 1.66. The first-order valence-electron chi connectivity index (χ1n) is 4.88. The minimum Gasteiger partial charge on any atom is -0.444 e. The molecule has 1 N–H and O–H groups in total.